The minimum atomic E-state index is -4.04. The topological polar surface area (TPSA) is 117 Å². The van der Waals surface area contributed by atoms with Gasteiger partial charge < -0.3 is 15.5 Å². The predicted octanol–water partition coefficient (Wildman–Crippen LogP) is 5.00. The number of aryl methyl sites for hydroxylation is 1. The van der Waals surface area contributed by atoms with Crippen LogP contribution >= 0.6 is 11.6 Å². The van der Waals surface area contributed by atoms with E-state index < -0.39 is 56.2 Å². The molecule has 0 aliphatic heterocycles. The van der Waals surface area contributed by atoms with E-state index in [9.17, 15) is 32.2 Å². The summed E-state index contributed by atoms with van der Waals surface area (Å²) >= 11 is 6.29. The number of aliphatic hydroxyl groups is 2. The number of halogens is 3. The van der Waals surface area contributed by atoms with Crippen molar-refractivity contribution in [3.05, 3.63) is 88.2 Å². The Balaban J connectivity index is 1.39. The summed E-state index contributed by atoms with van der Waals surface area (Å²) in [7, 11) is -4.04. The van der Waals surface area contributed by atoms with E-state index in [1.807, 2.05) is 0 Å². The second kappa shape index (κ2) is 10.2. The Morgan fingerprint density at radius 1 is 1.08 bits per heavy atom. The Morgan fingerprint density at radius 2 is 1.77 bits per heavy atom. The molecule has 1 aromatic heterocycles. The quantitative estimate of drug-likeness (QED) is 0.380. The first-order valence-electron chi connectivity index (χ1n) is 12.5. The van der Waals surface area contributed by atoms with Crippen molar-refractivity contribution < 1.29 is 32.2 Å². The monoisotopic (exact) mass is 576 g/mol. The van der Waals surface area contributed by atoms with Crippen molar-refractivity contribution in [1.82, 2.24) is 4.98 Å². The second-order valence-electron chi connectivity index (χ2n) is 10.3. The fourth-order valence-corrected chi connectivity index (χ4v) is 8.42. The predicted molar refractivity (Wildman–Crippen MR) is 141 cm³/mol. The highest BCUT2D eigenvalue weighted by molar-refractivity contribution is 7.92. The summed E-state index contributed by atoms with van der Waals surface area (Å²) in [5.41, 5.74) is -0.495. The van der Waals surface area contributed by atoms with Gasteiger partial charge in [0.2, 0.25) is 0 Å². The molecule has 2 aliphatic rings. The van der Waals surface area contributed by atoms with Gasteiger partial charge in [-0.25, -0.2) is 17.2 Å². The minimum Gasteiger partial charge on any atom is -0.386 e. The van der Waals surface area contributed by atoms with Gasteiger partial charge in [-0.1, -0.05) is 17.7 Å². The third-order valence-corrected chi connectivity index (χ3v) is 10.7. The van der Waals surface area contributed by atoms with Crippen molar-refractivity contribution in [2.24, 2.45) is 11.8 Å². The smallest absolute Gasteiger partial charge is 0.255 e. The molecule has 39 heavy (non-hydrogen) atoms. The number of aromatic nitrogens is 1. The lowest BCUT2D eigenvalue weighted by molar-refractivity contribution is -0.145. The molecule has 11 heteroatoms. The zero-order valence-corrected chi connectivity index (χ0v) is 22.5. The molecule has 3 unspecified atom stereocenters. The van der Waals surface area contributed by atoms with E-state index in [0.717, 1.165) is 12.1 Å². The van der Waals surface area contributed by atoms with Crippen LogP contribution in [0.15, 0.2) is 59.5 Å². The lowest BCUT2D eigenvalue weighted by Gasteiger charge is -2.45. The van der Waals surface area contributed by atoms with Gasteiger partial charge in [0, 0.05) is 23.0 Å². The van der Waals surface area contributed by atoms with Gasteiger partial charge in [-0.05, 0) is 86.9 Å². The molecular weight excluding hydrogens is 550 g/mol. The first-order chi connectivity index (χ1) is 18.4. The number of hydrogen-bond donors (Lipinski definition) is 3. The van der Waals surface area contributed by atoms with Gasteiger partial charge in [-0.2, -0.15) is 0 Å². The zero-order chi connectivity index (χ0) is 28.1. The normalized spacial score (nSPS) is 25.3. The van der Waals surface area contributed by atoms with Crippen molar-refractivity contribution in [2.45, 2.75) is 54.5 Å². The average Bonchev–Trinajstić information content (AvgIpc) is 3.05. The molecule has 5 atom stereocenters. The summed E-state index contributed by atoms with van der Waals surface area (Å²) in [6.07, 6.45) is 0.0751. The van der Waals surface area contributed by atoms with Crippen molar-refractivity contribution in [1.29, 1.82) is 0 Å². The number of nitrogens with zero attached hydrogens (tertiary/aromatic N) is 1. The van der Waals surface area contributed by atoms with Crippen LogP contribution in [0.5, 0.6) is 0 Å². The van der Waals surface area contributed by atoms with Crippen molar-refractivity contribution in [3.8, 4) is 0 Å². The molecule has 5 rings (SSSR count). The number of carbonyl (C=O) groups excluding carboxylic acids is 1. The van der Waals surface area contributed by atoms with Crippen LogP contribution in [0.3, 0.4) is 0 Å². The van der Waals surface area contributed by atoms with Crippen LogP contribution in [0.4, 0.5) is 14.5 Å². The highest BCUT2D eigenvalue weighted by Crippen LogP contribution is 2.56. The van der Waals surface area contributed by atoms with E-state index in [2.05, 4.69) is 10.3 Å². The molecule has 0 spiro atoms. The van der Waals surface area contributed by atoms with Gasteiger partial charge in [-0.3, -0.25) is 9.78 Å². The maximum atomic E-state index is 13.8. The van der Waals surface area contributed by atoms with E-state index in [4.69, 9.17) is 11.6 Å². The fraction of sp³-hybridized carbons (Fsp3) is 0.357. The van der Waals surface area contributed by atoms with Crippen LogP contribution in [-0.2, 0) is 9.84 Å². The third kappa shape index (κ3) is 4.95. The summed E-state index contributed by atoms with van der Waals surface area (Å²) in [6.45, 7) is 1.79. The Morgan fingerprint density at radius 3 is 2.41 bits per heavy atom. The Hall–Kier alpha value is -2.92. The number of sulfone groups is 1. The molecule has 1 amide bonds. The zero-order valence-electron chi connectivity index (χ0n) is 20.9. The summed E-state index contributed by atoms with van der Waals surface area (Å²) in [6, 6.07) is 11.9. The van der Waals surface area contributed by atoms with Gasteiger partial charge >= 0.3 is 0 Å². The van der Waals surface area contributed by atoms with Crippen LogP contribution in [0.25, 0.3) is 0 Å². The maximum Gasteiger partial charge on any atom is 0.255 e. The number of nitrogens with one attached hydrogen (secondary N) is 1. The molecule has 3 N–H and O–H groups in total. The largest absolute Gasteiger partial charge is 0.386 e. The highest BCUT2D eigenvalue weighted by atomic mass is 35.5. The van der Waals surface area contributed by atoms with Gasteiger partial charge in [0.15, 0.2) is 21.5 Å². The number of hydrogen-bond acceptors (Lipinski definition) is 6. The third-order valence-electron chi connectivity index (χ3n) is 8.01. The number of pyridine rings is 1. The summed E-state index contributed by atoms with van der Waals surface area (Å²) in [5, 5.41) is 24.3. The van der Waals surface area contributed by atoms with E-state index in [-0.39, 0.29) is 34.0 Å². The summed E-state index contributed by atoms with van der Waals surface area (Å²) < 4.78 is 54.3. The molecule has 0 saturated heterocycles. The molecule has 1 heterocycles. The number of carbonyl (C=O) groups is 1. The van der Waals surface area contributed by atoms with Crippen LogP contribution in [0.1, 0.15) is 53.5 Å². The number of anilines is 1. The fourth-order valence-electron chi connectivity index (χ4n) is 6.01. The van der Waals surface area contributed by atoms with Crippen LogP contribution in [0, 0.1) is 30.4 Å². The van der Waals surface area contributed by atoms with E-state index >= 15 is 0 Å². The Bertz CT molecular complexity index is 1540. The van der Waals surface area contributed by atoms with Crippen LogP contribution in [0.2, 0.25) is 5.02 Å². The van der Waals surface area contributed by atoms with Gasteiger partial charge in [-0.15, -0.1) is 0 Å². The molecule has 2 fully saturated rings. The lowest BCUT2D eigenvalue weighted by Crippen LogP contribution is -2.52. The molecule has 206 valence electrons. The lowest BCUT2D eigenvalue weighted by atomic mass is 9.70. The molecular formula is C28H27ClF2N2O5S. The Kier molecular flexibility index (Phi) is 7.26. The molecule has 7 nitrogen and oxygen atoms in total. The van der Waals surface area contributed by atoms with Crippen LogP contribution < -0.4 is 5.32 Å². The first kappa shape index (κ1) is 27.6. The van der Waals surface area contributed by atoms with Crippen LogP contribution in [-0.4, -0.2) is 40.4 Å². The Labute approximate surface area is 229 Å². The van der Waals surface area contributed by atoms with E-state index in [1.165, 1.54) is 24.3 Å². The molecule has 3 aromatic rings. The van der Waals surface area contributed by atoms with Crippen molar-refractivity contribution in [3.63, 3.8) is 0 Å². The molecule has 2 aliphatic carbocycles. The van der Waals surface area contributed by atoms with Crippen molar-refractivity contribution >= 4 is 33.0 Å². The highest BCUT2D eigenvalue weighted by Gasteiger charge is 2.59. The van der Waals surface area contributed by atoms with Crippen molar-refractivity contribution in [2.75, 3.05) is 5.32 Å². The van der Waals surface area contributed by atoms with E-state index in [0.29, 0.717) is 24.2 Å². The number of amides is 1. The molecule has 2 bridgehead atoms. The number of aliphatic hydroxyl groups excluding tert-OH is 1. The summed E-state index contributed by atoms with van der Waals surface area (Å²) in [4.78, 5) is 16.9. The number of rotatable bonds is 6. The molecule has 2 aromatic carbocycles. The van der Waals surface area contributed by atoms with Gasteiger partial charge in [0.1, 0.15) is 11.7 Å². The number of benzene rings is 2. The molecule has 0 radical (unpaired) electrons. The minimum absolute atomic E-state index is 0.00283. The second-order valence-corrected chi connectivity index (χ2v) is 12.9. The van der Waals surface area contributed by atoms with Gasteiger partial charge in [0.25, 0.3) is 5.91 Å². The van der Waals surface area contributed by atoms with E-state index in [1.54, 1.807) is 25.1 Å². The maximum absolute atomic E-state index is 13.8. The SMILES string of the molecule is Cc1cccc([C@@H](O)C2(O)C3CC[C@H]2CC(S(=O)(=O)c2cc(C(=O)Nc4ccc(F)c(F)c4)ccc2Cl)C3)n1. The number of fused-ring (bicyclic) bond motifs is 2. The average molecular weight is 577 g/mol. The summed E-state index contributed by atoms with van der Waals surface area (Å²) in [5.74, 6) is -3.88. The first-order valence-corrected chi connectivity index (χ1v) is 14.5. The van der Waals surface area contributed by atoms with Gasteiger partial charge in [0.05, 0.1) is 20.9 Å². The standard InChI is InChI=1S/C28H27ClF2N2O5S/c1-15-3-2-4-24(32-15)26(34)28(36)17-6-7-18(28)13-20(12-17)39(37,38)25-11-16(5-9-21(25)29)27(35)33-19-8-10-22(30)23(31)14-19/h2-5,8-11,14,17-18,20,26,34,36H,6-7,12-13H2,1H3,(H,33,35)/t17-,18?,20?,26+,28?/m0/s1. The molecule has 2 saturated carbocycles.